The molecule has 0 spiro atoms. The normalized spacial score (nSPS) is 12.0. The molecule has 330 valence electrons. The summed E-state index contributed by atoms with van der Waals surface area (Å²) < 4.78 is 5.08. The number of para-hydroxylation sites is 2. The van der Waals surface area contributed by atoms with Crippen molar-refractivity contribution in [2.75, 3.05) is 0 Å². The molecule has 0 fully saturated rings. The summed E-state index contributed by atoms with van der Waals surface area (Å²) in [6, 6.07) is 109. The van der Waals surface area contributed by atoms with Gasteiger partial charge in [-0.1, -0.05) is 249 Å². The SMILES string of the molecule is c1ccc(-n2c3cc([Si](c4ccccc4)(c4ccccc4)c4ccccc4)ccc3c3ccc4c(c5ccccc5n4-c4cccc([Si](c5ccccc5)(c5ccccc5)c5ccccc5)c4)c32)cc1. The van der Waals surface area contributed by atoms with Crippen LogP contribution in [0.5, 0.6) is 0 Å². The van der Waals surface area contributed by atoms with Crippen molar-refractivity contribution in [3.8, 4) is 11.4 Å². The summed E-state index contributed by atoms with van der Waals surface area (Å²) >= 11 is 0. The zero-order valence-electron chi connectivity index (χ0n) is 38.6. The Morgan fingerprint density at radius 2 is 0.600 bits per heavy atom. The first-order valence-corrected chi connectivity index (χ1v) is 28.3. The third-order valence-corrected chi connectivity index (χ3v) is 24.3. The molecule has 70 heavy (non-hydrogen) atoms. The van der Waals surface area contributed by atoms with Crippen LogP contribution in [0.25, 0.3) is 55.0 Å². The molecule has 0 saturated heterocycles. The van der Waals surface area contributed by atoms with Crippen LogP contribution in [-0.4, -0.2) is 25.3 Å². The first-order chi connectivity index (χ1) is 34.8. The van der Waals surface area contributed by atoms with Crippen molar-refractivity contribution in [1.82, 2.24) is 9.13 Å². The first-order valence-electron chi connectivity index (χ1n) is 24.3. The summed E-state index contributed by atoms with van der Waals surface area (Å²) in [7, 11) is -5.64. The van der Waals surface area contributed by atoms with Crippen molar-refractivity contribution in [2.45, 2.75) is 0 Å². The molecule has 0 N–H and O–H groups in total. The Kier molecular flexibility index (Phi) is 10.2. The maximum Gasteiger partial charge on any atom is 0.179 e. The van der Waals surface area contributed by atoms with Gasteiger partial charge in [0.1, 0.15) is 0 Å². The van der Waals surface area contributed by atoms with Gasteiger partial charge in [-0.3, -0.25) is 0 Å². The van der Waals surface area contributed by atoms with E-state index in [1.807, 2.05) is 0 Å². The second-order valence-corrected chi connectivity index (χ2v) is 26.0. The van der Waals surface area contributed by atoms with Crippen molar-refractivity contribution < 1.29 is 0 Å². The molecule has 0 unspecified atom stereocenters. The lowest BCUT2D eigenvalue weighted by molar-refractivity contribution is 1.18. The lowest BCUT2D eigenvalue weighted by Crippen LogP contribution is -2.74. The summed E-state index contributed by atoms with van der Waals surface area (Å²) in [6.07, 6.45) is 0. The molecule has 0 aliphatic heterocycles. The Labute approximate surface area is 410 Å². The van der Waals surface area contributed by atoms with E-state index >= 15 is 0 Å². The Morgan fingerprint density at radius 1 is 0.214 bits per heavy atom. The van der Waals surface area contributed by atoms with Crippen molar-refractivity contribution in [3.63, 3.8) is 0 Å². The minimum Gasteiger partial charge on any atom is -0.309 e. The second-order valence-electron chi connectivity index (χ2n) is 18.4. The Morgan fingerprint density at radius 3 is 1.09 bits per heavy atom. The molecule has 2 heterocycles. The lowest BCUT2D eigenvalue weighted by Gasteiger charge is -2.34. The van der Waals surface area contributed by atoms with Crippen LogP contribution in [0, 0.1) is 0 Å². The van der Waals surface area contributed by atoms with Crippen LogP contribution in [-0.2, 0) is 0 Å². The van der Waals surface area contributed by atoms with E-state index in [0.717, 1.165) is 11.4 Å². The number of rotatable bonds is 10. The molecule has 0 saturated carbocycles. The predicted molar refractivity (Wildman–Crippen MR) is 302 cm³/mol. The molecule has 2 nitrogen and oxygen atoms in total. The van der Waals surface area contributed by atoms with Crippen LogP contribution in [0.3, 0.4) is 0 Å². The van der Waals surface area contributed by atoms with Crippen molar-refractivity contribution >= 4 is 101 Å². The Balaban J connectivity index is 1.12. The van der Waals surface area contributed by atoms with Crippen LogP contribution >= 0.6 is 0 Å². The van der Waals surface area contributed by atoms with E-state index in [-0.39, 0.29) is 0 Å². The monoisotopic (exact) mass is 924 g/mol. The average Bonchev–Trinajstić information content (AvgIpc) is 3.96. The predicted octanol–water partition coefficient (Wildman–Crippen LogP) is 10.6. The molecule has 0 atom stereocenters. The van der Waals surface area contributed by atoms with Gasteiger partial charge in [0.15, 0.2) is 16.1 Å². The highest BCUT2D eigenvalue weighted by Gasteiger charge is 2.43. The van der Waals surface area contributed by atoms with E-state index in [1.165, 1.54) is 85.1 Å². The molecule has 13 rings (SSSR count). The molecule has 13 aromatic rings. The molecule has 0 bridgehead atoms. The topological polar surface area (TPSA) is 9.86 Å². The van der Waals surface area contributed by atoms with Gasteiger partial charge >= 0.3 is 0 Å². The van der Waals surface area contributed by atoms with E-state index in [2.05, 4.69) is 300 Å². The summed E-state index contributed by atoms with van der Waals surface area (Å²) in [5.74, 6) is 0. The summed E-state index contributed by atoms with van der Waals surface area (Å²) in [4.78, 5) is 0. The maximum atomic E-state index is 2.56. The zero-order chi connectivity index (χ0) is 46.5. The molecule has 0 radical (unpaired) electrons. The van der Waals surface area contributed by atoms with Crippen molar-refractivity contribution in [3.05, 3.63) is 291 Å². The minimum absolute atomic E-state index is 1.14. The number of benzene rings is 11. The van der Waals surface area contributed by atoms with Gasteiger partial charge in [-0.05, 0) is 84.0 Å². The standard InChI is InChI=1S/C66H48N2Si2/c1-8-25-49(26-9-1)68-64-48-58(70(54-34-16-5-17-35-54,55-36-18-6-19-37-55)56-38-20-7-21-39-56)43-44-59(64)60-45-46-63-65(66(60)68)61-41-22-23-42-62(61)67(63)50-27-24-40-57(47-50)69(51-28-10-2-11-29-51,52-30-12-3-13-31-52)53-32-14-4-15-33-53/h1-48H. The molecule has 0 aliphatic carbocycles. The van der Waals surface area contributed by atoms with Crippen LogP contribution in [0.15, 0.2) is 291 Å². The molecule has 0 amide bonds. The van der Waals surface area contributed by atoms with E-state index in [9.17, 15) is 0 Å². The molecule has 2 aromatic heterocycles. The largest absolute Gasteiger partial charge is 0.309 e. The van der Waals surface area contributed by atoms with Gasteiger partial charge in [0.2, 0.25) is 0 Å². The van der Waals surface area contributed by atoms with E-state index in [1.54, 1.807) is 0 Å². The second kappa shape index (κ2) is 17.2. The Hall–Kier alpha value is -8.55. The van der Waals surface area contributed by atoms with Crippen molar-refractivity contribution in [1.29, 1.82) is 0 Å². The highest BCUT2D eigenvalue weighted by molar-refractivity contribution is 7.20. The summed E-state index contributed by atoms with van der Waals surface area (Å²) in [6.45, 7) is 0. The fourth-order valence-electron chi connectivity index (χ4n) is 11.9. The Bertz CT molecular complexity index is 3770. The van der Waals surface area contributed by atoms with Crippen LogP contribution < -0.4 is 41.5 Å². The fourth-order valence-corrected chi connectivity index (χ4v) is 21.5. The first kappa shape index (κ1) is 41.6. The number of hydrogen-bond donors (Lipinski definition) is 0. The third-order valence-electron chi connectivity index (χ3n) is 14.8. The third kappa shape index (κ3) is 6.38. The summed E-state index contributed by atoms with van der Waals surface area (Å²) in [5.41, 5.74) is 7.07. The van der Waals surface area contributed by atoms with Crippen LogP contribution in [0.4, 0.5) is 0 Å². The number of hydrogen-bond acceptors (Lipinski definition) is 0. The van der Waals surface area contributed by atoms with Gasteiger partial charge in [-0.2, -0.15) is 0 Å². The van der Waals surface area contributed by atoms with E-state index in [4.69, 9.17) is 0 Å². The van der Waals surface area contributed by atoms with E-state index in [0.29, 0.717) is 0 Å². The van der Waals surface area contributed by atoms with Crippen LogP contribution in [0.1, 0.15) is 0 Å². The van der Waals surface area contributed by atoms with Gasteiger partial charge in [-0.25, -0.2) is 0 Å². The zero-order valence-corrected chi connectivity index (χ0v) is 40.6. The van der Waals surface area contributed by atoms with Gasteiger partial charge in [-0.15, -0.1) is 0 Å². The van der Waals surface area contributed by atoms with Gasteiger partial charge in [0.25, 0.3) is 0 Å². The van der Waals surface area contributed by atoms with E-state index < -0.39 is 16.1 Å². The van der Waals surface area contributed by atoms with Crippen molar-refractivity contribution in [2.24, 2.45) is 0 Å². The van der Waals surface area contributed by atoms with Crippen LogP contribution in [0.2, 0.25) is 0 Å². The molecule has 0 aliphatic rings. The van der Waals surface area contributed by atoms with Gasteiger partial charge < -0.3 is 9.13 Å². The number of aromatic nitrogens is 2. The fraction of sp³-hybridized carbons (Fsp3) is 0. The minimum atomic E-state index is -2.84. The van der Waals surface area contributed by atoms with Gasteiger partial charge in [0.05, 0.1) is 22.1 Å². The lowest BCUT2D eigenvalue weighted by atomic mass is 10.1. The molecule has 4 heteroatoms. The highest BCUT2D eigenvalue weighted by atomic mass is 28.3. The molecular weight excluding hydrogens is 877 g/mol. The molecule has 11 aromatic carbocycles. The average molecular weight is 925 g/mol. The van der Waals surface area contributed by atoms with Gasteiger partial charge in [0, 0.05) is 32.9 Å². The molecular formula is C66H48N2Si2. The smallest absolute Gasteiger partial charge is 0.179 e. The summed E-state index contributed by atoms with van der Waals surface area (Å²) in [5, 5.41) is 15.8. The maximum absolute atomic E-state index is 2.84. The quantitative estimate of drug-likeness (QED) is 0.0956. The highest BCUT2D eigenvalue weighted by Crippen LogP contribution is 2.42. The number of fused-ring (bicyclic) bond motifs is 7. The number of nitrogens with zero attached hydrogens (tertiary/aromatic N) is 2.